The van der Waals surface area contributed by atoms with Crippen LogP contribution in [0.25, 0.3) is 11.0 Å². The average Bonchev–Trinajstić information content (AvgIpc) is 3.24. The Labute approximate surface area is 188 Å². The summed E-state index contributed by atoms with van der Waals surface area (Å²) in [5.41, 5.74) is 2.33. The molecular weight excluding hydrogens is 404 g/mol. The van der Waals surface area contributed by atoms with Crippen LogP contribution in [-0.4, -0.2) is 74.8 Å². The van der Waals surface area contributed by atoms with Gasteiger partial charge in [-0.3, -0.25) is 9.69 Å². The Balaban J connectivity index is 1.37. The van der Waals surface area contributed by atoms with Crippen molar-refractivity contribution in [2.24, 2.45) is 0 Å². The molecule has 1 aliphatic heterocycles. The number of anilines is 1. The molecule has 170 valence electrons. The van der Waals surface area contributed by atoms with E-state index in [-0.39, 0.29) is 17.9 Å². The molecule has 0 bridgehead atoms. The van der Waals surface area contributed by atoms with Crippen molar-refractivity contribution in [1.29, 1.82) is 0 Å². The maximum absolute atomic E-state index is 13.1. The molecule has 3 aromatic heterocycles. The zero-order valence-electron chi connectivity index (χ0n) is 19.3. The molecule has 0 unspecified atom stereocenters. The summed E-state index contributed by atoms with van der Waals surface area (Å²) in [6.07, 6.45) is 5.30. The fourth-order valence-electron chi connectivity index (χ4n) is 3.95. The number of aromatic nitrogens is 5. The lowest BCUT2D eigenvalue weighted by Crippen LogP contribution is -2.49. The Morgan fingerprint density at radius 1 is 1.09 bits per heavy atom. The lowest BCUT2D eigenvalue weighted by molar-refractivity contribution is 0.0949. The number of nitrogens with one attached hydrogen (secondary N) is 1. The van der Waals surface area contributed by atoms with Crippen molar-refractivity contribution < 1.29 is 4.79 Å². The van der Waals surface area contributed by atoms with E-state index in [4.69, 9.17) is 4.98 Å². The number of hydrogen-bond acceptors (Lipinski definition) is 7. The quantitative estimate of drug-likeness (QED) is 0.608. The SMILES string of the molecule is CC(C)c1cc(C(=O)NCCN2CCN(c3ncccn3)CC2)c2cnn(C(C)C)c2n1. The van der Waals surface area contributed by atoms with E-state index in [0.717, 1.165) is 55.4 Å². The van der Waals surface area contributed by atoms with Gasteiger partial charge < -0.3 is 10.2 Å². The molecule has 0 spiro atoms. The topological polar surface area (TPSA) is 92.1 Å². The number of fused-ring (bicyclic) bond motifs is 1. The fraction of sp³-hybridized carbons (Fsp3) is 0.522. The molecule has 0 aromatic carbocycles. The first-order valence-corrected chi connectivity index (χ1v) is 11.3. The summed E-state index contributed by atoms with van der Waals surface area (Å²) in [5, 5.41) is 8.38. The molecule has 4 rings (SSSR count). The molecule has 0 saturated carbocycles. The van der Waals surface area contributed by atoms with Gasteiger partial charge in [-0.25, -0.2) is 19.6 Å². The van der Waals surface area contributed by atoms with E-state index >= 15 is 0 Å². The van der Waals surface area contributed by atoms with Crippen LogP contribution < -0.4 is 10.2 Å². The number of carbonyl (C=O) groups is 1. The fourth-order valence-corrected chi connectivity index (χ4v) is 3.95. The zero-order chi connectivity index (χ0) is 22.7. The zero-order valence-corrected chi connectivity index (χ0v) is 19.3. The number of rotatable bonds is 7. The van der Waals surface area contributed by atoms with Gasteiger partial charge in [-0.2, -0.15) is 5.10 Å². The van der Waals surface area contributed by atoms with Crippen LogP contribution in [0.15, 0.2) is 30.7 Å². The highest BCUT2D eigenvalue weighted by Crippen LogP contribution is 2.24. The third kappa shape index (κ3) is 4.72. The Bertz CT molecular complexity index is 1050. The molecule has 1 aliphatic rings. The maximum Gasteiger partial charge on any atom is 0.252 e. The molecule has 1 amide bonds. The second kappa shape index (κ2) is 9.60. The van der Waals surface area contributed by atoms with Gasteiger partial charge in [-0.15, -0.1) is 0 Å². The molecule has 1 saturated heterocycles. The highest BCUT2D eigenvalue weighted by Gasteiger charge is 2.21. The van der Waals surface area contributed by atoms with Gasteiger partial charge in [0.05, 0.1) is 17.1 Å². The third-order valence-corrected chi connectivity index (χ3v) is 5.83. The van der Waals surface area contributed by atoms with Gasteiger partial charge in [0.2, 0.25) is 5.95 Å². The summed E-state index contributed by atoms with van der Waals surface area (Å²) in [5.74, 6) is 0.940. The monoisotopic (exact) mass is 436 g/mol. The molecule has 4 heterocycles. The number of piperazine rings is 1. The Kier molecular flexibility index (Phi) is 6.64. The standard InChI is InChI=1S/C23H32N8O/c1-16(2)20-14-18(19-15-27-31(17(3)4)21(19)28-20)22(32)24-8-9-29-10-12-30(13-11-29)23-25-6-5-7-26-23/h5-7,14-17H,8-13H2,1-4H3,(H,24,32). The Morgan fingerprint density at radius 2 is 1.81 bits per heavy atom. The molecule has 1 fully saturated rings. The van der Waals surface area contributed by atoms with E-state index in [0.29, 0.717) is 12.1 Å². The van der Waals surface area contributed by atoms with E-state index in [1.807, 2.05) is 16.8 Å². The number of amides is 1. The van der Waals surface area contributed by atoms with E-state index in [1.54, 1.807) is 18.6 Å². The van der Waals surface area contributed by atoms with Crippen molar-refractivity contribution in [2.45, 2.75) is 39.7 Å². The van der Waals surface area contributed by atoms with E-state index in [9.17, 15) is 4.79 Å². The first-order chi connectivity index (χ1) is 15.4. The summed E-state index contributed by atoms with van der Waals surface area (Å²) < 4.78 is 1.88. The molecule has 3 aromatic rings. The van der Waals surface area contributed by atoms with Gasteiger partial charge in [0.25, 0.3) is 5.91 Å². The molecular formula is C23H32N8O. The van der Waals surface area contributed by atoms with Crippen molar-refractivity contribution in [2.75, 3.05) is 44.2 Å². The average molecular weight is 437 g/mol. The summed E-state index contributed by atoms with van der Waals surface area (Å²) in [6, 6.07) is 3.92. The van der Waals surface area contributed by atoms with Gasteiger partial charge in [-0.05, 0) is 31.9 Å². The molecule has 0 radical (unpaired) electrons. The van der Waals surface area contributed by atoms with Crippen LogP contribution in [0.5, 0.6) is 0 Å². The van der Waals surface area contributed by atoms with Crippen LogP contribution >= 0.6 is 0 Å². The molecule has 9 nitrogen and oxygen atoms in total. The first kappa shape index (κ1) is 22.1. The smallest absolute Gasteiger partial charge is 0.252 e. The summed E-state index contributed by atoms with van der Waals surface area (Å²) in [4.78, 5) is 31.1. The van der Waals surface area contributed by atoms with Crippen LogP contribution in [0, 0.1) is 0 Å². The van der Waals surface area contributed by atoms with Crippen LogP contribution in [0.4, 0.5) is 5.95 Å². The van der Waals surface area contributed by atoms with Crippen molar-refractivity contribution in [3.8, 4) is 0 Å². The Morgan fingerprint density at radius 3 is 2.47 bits per heavy atom. The van der Waals surface area contributed by atoms with E-state index in [1.165, 1.54) is 0 Å². The molecule has 0 atom stereocenters. The second-order valence-electron chi connectivity index (χ2n) is 8.80. The molecule has 32 heavy (non-hydrogen) atoms. The van der Waals surface area contributed by atoms with Crippen molar-refractivity contribution in [3.05, 3.63) is 42.0 Å². The number of pyridine rings is 1. The van der Waals surface area contributed by atoms with Gasteiger partial charge in [-0.1, -0.05) is 13.8 Å². The van der Waals surface area contributed by atoms with Crippen LogP contribution in [-0.2, 0) is 0 Å². The van der Waals surface area contributed by atoms with Crippen molar-refractivity contribution >= 4 is 22.9 Å². The number of hydrogen-bond donors (Lipinski definition) is 1. The largest absolute Gasteiger partial charge is 0.351 e. The minimum atomic E-state index is -0.0704. The molecule has 1 N–H and O–H groups in total. The van der Waals surface area contributed by atoms with Gasteiger partial charge in [0, 0.05) is 63.4 Å². The first-order valence-electron chi connectivity index (χ1n) is 11.3. The van der Waals surface area contributed by atoms with E-state index < -0.39 is 0 Å². The maximum atomic E-state index is 13.1. The lowest BCUT2D eigenvalue weighted by Gasteiger charge is -2.34. The van der Waals surface area contributed by atoms with Crippen LogP contribution in [0.2, 0.25) is 0 Å². The van der Waals surface area contributed by atoms with Gasteiger partial charge in [0.15, 0.2) is 5.65 Å². The Hall–Kier alpha value is -3.07. The minimum absolute atomic E-state index is 0.0704. The summed E-state index contributed by atoms with van der Waals surface area (Å²) >= 11 is 0. The van der Waals surface area contributed by atoms with Gasteiger partial charge >= 0.3 is 0 Å². The van der Waals surface area contributed by atoms with Crippen molar-refractivity contribution in [3.63, 3.8) is 0 Å². The number of carbonyl (C=O) groups excluding carboxylic acids is 1. The van der Waals surface area contributed by atoms with Crippen LogP contribution in [0.1, 0.15) is 55.7 Å². The minimum Gasteiger partial charge on any atom is -0.351 e. The normalized spacial score (nSPS) is 15.1. The molecule has 0 aliphatic carbocycles. The van der Waals surface area contributed by atoms with Gasteiger partial charge in [0.1, 0.15) is 0 Å². The predicted molar refractivity (Wildman–Crippen MR) is 125 cm³/mol. The number of nitrogens with zero attached hydrogens (tertiary/aromatic N) is 7. The van der Waals surface area contributed by atoms with Crippen LogP contribution in [0.3, 0.4) is 0 Å². The lowest BCUT2D eigenvalue weighted by atomic mass is 10.0. The van der Waals surface area contributed by atoms with E-state index in [2.05, 4.69) is 57.9 Å². The highest BCUT2D eigenvalue weighted by atomic mass is 16.1. The summed E-state index contributed by atoms with van der Waals surface area (Å²) in [6.45, 7) is 13.3. The molecule has 9 heteroatoms. The summed E-state index contributed by atoms with van der Waals surface area (Å²) in [7, 11) is 0. The van der Waals surface area contributed by atoms with Crippen molar-refractivity contribution in [1.82, 2.24) is 34.9 Å². The third-order valence-electron chi connectivity index (χ3n) is 5.83. The second-order valence-corrected chi connectivity index (χ2v) is 8.80. The predicted octanol–water partition coefficient (Wildman–Crippen LogP) is 2.48. The highest BCUT2D eigenvalue weighted by molar-refractivity contribution is 6.05.